The van der Waals surface area contributed by atoms with E-state index in [-0.39, 0.29) is 6.04 Å². The van der Waals surface area contributed by atoms with Crippen molar-refractivity contribution in [2.24, 2.45) is 0 Å². The van der Waals surface area contributed by atoms with Crippen LogP contribution in [0, 0.1) is 13.8 Å². The average molecular weight is 314 g/mol. The Kier molecular flexibility index (Phi) is 4.68. The van der Waals surface area contributed by atoms with Crippen LogP contribution in [0.3, 0.4) is 0 Å². The molecule has 0 radical (unpaired) electrons. The number of rotatable bonds is 4. The minimum Gasteiger partial charge on any atom is -0.306 e. The third-order valence-electron chi connectivity index (χ3n) is 3.20. The van der Waals surface area contributed by atoms with Gasteiger partial charge in [0.05, 0.1) is 6.04 Å². The van der Waals surface area contributed by atoms with Gasteiger partial charge in [0, 0.05) is 11.1 Å². The van der Waals surface area contributed by atoms with Crippen LogP contribution in [0.4, 0.5) is 13.2 Å². The predicted molar refractivity (Wildman–Crippen MR) is 78.6 cm³/mol. The lowest BCUT2D eigenvalue weighted by Gasteiger charge is -2.19. The molecule has 114 valence electrons. The minimum atomic E-state index is -4.39. The summed E-state index contributed by atoms with van der Waals surface area (Å²) in [5.74, 6) is 0. The van der Waals surface area contributed by atoms with E-state index in [0.717, 1.165) is 16.7 Å². The maximum absolute atomic E-state index is 12.7. The summed E-state index contributed by atoms with van der Waals surface area (Å²) < 4.78 is 38.2. The number of thiazole rings is 1. The molecular formula is C15H17F3N2S. The van der Waals surface area contributed by atoms with Gasteiger partial charge >= 0.3 is 6.18 Å². The third kappa shape index (κ3) is 3.63. The Morgan fingerprint density at radius 3 is 2.57 bits per heavy atom. The highest BCUT2D eigenvalue weighted by molar-refractivity contribution is 7.11. The van der Waals surface area contributed by atoms with E-state index in [0.29, 0.717) is 22.8 Å². The minimum absolute atomic E-state index is 0.261. The molecule has 1 unspecified atom stereocenters. The first-order chi connectivity index (χ1) is 9.82. The summed E-state index contributed by atoms with van der Waals surface area (Å²) in [5.41, 5.74) is 3.13. The highest BCUT2D eigenvalue weighted by Gasteiger charge is 2.35. The molecule has 2 aromatic rings. The lowest BCUT2D eigenvalue weighted by molar-refractivity contribution is -0.137. The molecule has 1 N–H and O–H groups in total. The first-order valence-electron chi connectivity index (χ1n) is 6.66. The molecule has 2 rings (SSSR count). The molecule has 0 fully saturated rings. The van der Waals surface area contributed by atoms with Crippen LogP contribution in [0.5, 0.6) is 0 Å². The van der Waals surface area contributed by atoms with E-state index in [1.54, 1.807) is 0 Å². The van der Waals surface area contributed by atoms with Crippen molar-refractivity contribution >= 4 is 11.3 Å². The second-order valence-corrected chi connectivity index (χ2v) is 5.98. The fraction of sp³-hybridized carbons (Fsp3) is 0.400. The van der Waals surface area contributed by atoms with Gasteiger partial charge in [0.2, 0.25) is 0 Å². The van der Waals surface area contributed by atoms with Gasteiger partial charge in [-0.3, -0.25) is 0 Å². The normalized spacial score (nSPS) is 13.4. The van der Waals surface area contributed by atoms with Crippen molar-refractivity contribution in [3.63, 3.8) is 0 Å². The zero-order valence-electron chi connectivity index (χ0n) is 12.1. The van der Waals surface area contributed by atoms with E-state index < -0.39 is 11.2 Å². The van der Waals surface area contributed by atoms with E-state index in [9.17, 15) is 13.2 Å². The number of benzene rings is 1. The lowest BCUT2D eigenvalue weighted by Crippen LogP contribution is -2.22. The van der Waals surface area contributed by atoms with Gasteiger partial charge < -0.3 is 5.32 Å². The molecular weight excluding hydrogens is 297 g/mol. The number of nitrogens with zero attached hydrogens (tertiary/aromatic N) is 1. The van der Waals surface area contributed by atoms with E-state index in [1.807, 2.05) is 39.0 Å². The van der Waals surface area contributed by atoms with Gasteiger partial charge in [-0.15, -0.1) is 11.3 Å². The van der Waals surface area contributed by atoms with Crippen LogP contribution in [0.25, 0.3) is 0 Å². The molecule has 1 atom stereocenters. The molecule has 0 saturated carbocycles. The van der Waals surface area contributed by atoms with E-state index in [4.69, 9.17) is 0 Å². The molecule has 0 saturated heterocycles. The molecule has 0 aliphatic carbocycles. The van der Waals surface area contributed by atoms with Crippen molar-refractivity contribution in [1.29, 1.82) is 0 Å². The van der Waals surface area contributed by atoms with Crippen molar-refractivity contribution in [2.45, 2.75) is 33.0 Å². The summed E-state index contributed by atoms with van der Waals surface area (Å²) in [4.78, 5) is 4.10. The maximum Gasteiger partial charge on any atom is 0.443 e. The lowest BCUT2D eigenvalue weighted by atomic mass is 9.98. The van der Waals surface area contributed by atoms with Gasteiger partial charge in [0.1, 0.15) is 0 Å². The number of hydrogen-bond acceptors (Lipinski definition) is 3. The van der Waals surface area contributed by atoms with Crippen LogP contribution in [0.15, 0.2) is 24.4 Å². The quantitative estimate of drug-likeness (QED) is 0.900. The number of halogens is 3. The third-order valence-corrected chi connectivity index (χ3v) is 4.31. The maximum atomic E-state index is 12.7. The van der Waals surface area contributed by atoms with E-state index in [2.05, 4.69) is 10.3 Å². The summed E-state index contributed by atoms with van der Waals surface area (Å²) in [6.07, 6.45) is -3.07. The summed E-state index contributed by atoms with van der Waals surface area (Å²) in [7, 11) is 0. The Morgan fingerprint density at radius 1 is 1.29 bits per heavy atom. The van der Waals surface area contributed by atoms with Crippen LogP contribution in [0.1, 0.15) is 39.5 Å². The van der Waals surface area contributed by atoms with Crippen LogP contribution < -0.4 is 5.32 Å². The van der Waals surface area contributed by atoms with Crippen LogP contribution in [0.2, 0.25) is 0 Å². The molecule has 6 heteroatoms. The van der Waals surface area contributed by atoms with Crippen LogP contribution in [-0.4, -0.2) is 11.5 Å². The summed E-state index contributed by atoms with van der Waals surface area (Å²) >= 11 is 0.699. The number of aromatic nitrogens is 1. The highest BCUT2D eigenvalue weighted by atomic mass is 32.1. The molecule has 2 nitrogen and oxygen atoms in total. The second kappa shape index (κ2) is 6.15. The monoisotopic (exact) mass is 314 g/mol. The molecule has 0 aliphatic rings. The van der Waals surface area contributed by atoms with Gasteiger partial charge in [0.15, 0.2) is 5.01 Å². The summed E-state index contributed by atoms with van der Waals surface area (Å²) in [6, 6.07) is 5.73. The number of nitrogens with one attached hydrogen (secondary N) is 1. The zero-order valence-corrected chi connectivity index (χ0v) is 12.9. The van der Waals surface area contributed by atoms with Crippen molar-refractivity contribution in [3.05, 3.63) is 51.0 Å². The van der Waals surface area contributed by atoms with Crippen molar-refractivity contribution in [1.82, 2.24) is 10.3 Å². The summed E-state index contributed by atoms with van der Waals surface area (Å²) in [5, 5.41) is 2.45. The Hall–Kier alpha value is -1.40. The van der Waals surface area contributed by atoms with E-state index >= 15 is 0 Å². The fourth-order valence-electron chi connectivity index (χ4n) is 2.19. The highest BCUT2D eigenvalue weighted by Crippen LogP contribution is 2.36. The Balaban J connectivity index is 2.44. The summed E-state index contributed by atoms with van der Waals surface area (Å²) in [6.45, 7) is 6.53. The van der Waals surface area contributed by atoms with Gasteiger partial charge in [-0.25, -0.2) is 4.98 Å². The standard InChI is InChI=1S/C15H17F3N2S/c1-4-19-13(11-7-9(2)5-6-10(11)3)12-8-20-14(21-12)15(16,17)18/h5-8,13,19H,4H2,1-3H3. The second-order valence-electron chi connectivity index (χ2n) is 4.92. The van der Waals surface area contributed by atoms with Gasteiger partial charge in [-0.2, -0.15) is 13.2 Å². The van der Waals surface area contributed by atoms with Crippen LogP contribution >= 0.6 is 11.3 Å². The predicted octanol–water partition coefficient (Wildman–Crippen LogP) is 4.48. The molecule has 0 aliphatic heterocycles. The molecule has 0 amide bonds. The van der Waals surface area contributed by atoms with Crippen LogP contribution in [-0.2, 0) is 6.18 Å². The van der Waals surface area contributed by atoms with Crippen molar-refractivity contribution < 1.29 is 13.2 Å². The molecule has 0 spiro atoms. The van der Waals surface area contributed by atoms with Gasteiger partial charge in [-0.1, -0.05) is 30.7 Å². The number of alkyl halides is 3. The van der Waals surface area contributed by atoms with Crippen molar-refractivity contribution in [3.8, 4) is 0 Å². The van der Waals surface area contributed by atoms with Crippen molar-refractivity contribution in [2.75, 3.05) is 6.54 Å². The molecule has 21 heavy (non-hydrogen) atoms. The molecule has 1 aromatic heterocycles. The Morgan fingerprint density at radius 2 is 2.00 bits per heavy atom. The largest absolute Gasteiger partial charge is 0.443 e. The van der Waals surface area contributed by atoms with E-state index in [1.165, 1.54) is 6.20 Å². The smallest absolute Gasteiger partial charge is 0.306 e. The Labute approximate surface area is 126 Å². The number of hydrogen-bond donors (Lipinski definition) is 1. The zero-order chi connectivity index (χ0) is 15.6. The first-order valence-corrected chi connectivity index (χ1v) is 7.48. The fourth-order valence-corrected chi connectivity index (χ4v) is 3.07. The Bertz CT molecular complexity index is 620. The average Bonchev–Trinajstić information content (AvgIpc) is 2.88. The molecule has 1 aromatic carbocycles. The first kappa shape index (κ1) is 16.0. The van der Waals surface area contributed by atoms with Gasteiger partial charge in [-0.05, 0) is 31.5 Å². The SMILES string of the molecule is CCNC(c1cnc(C(F)(F)F)s1)c1cc(C)ccc1C. The molecule has 1 heterocycles. The number of aryl methyl sites for hydroxylation is 2. The van der Waals surface area contributed by atoms with Gasteiger partial charge in [0.25, 0.3) is 0 Å². The molecule has 0 bridgehead atoms. The topological polar surface area (TPSA) is 24.9 Å².